The molecule has 0 bridgehead atoms. The molecule has 4 rings (SSSR count). The first-order chi connectivity index (χ1) is 17.6. The number of nitrogens with one attached hydrogen (secondary N) is 3. The molecule has 0 radical (unpaired) electrons. The van der Waals surface area contributed by atoms with Crippen molar-refractivity contribution >= 4 is 34.6 Å². The number of carbonyl (C=O) groups is 3. The number of carboxylic acids is 1. The summed E-state index contributed by atoms with van der Waals surface area (Å²) in [6, 6.07) is 4.34. The van der Waals surface area contributed by atoms with Crippen molar-refractivity contribution in [3.63, 3.8) is 0 Å². The molecule has 1 aliphatic heterocycles. The molecule has 2 amide bonds. The predicted molar refractivity (Wildman–Crippen MR) is 140 cm³/mol. The monoisotopic (exact) mass is 514 g/mol. The number of aliphatic carboxylic acids is 1. The Labute approximate surface area is 215 Å². The van der Waals surface area contributed by atoms with Gasteiger partial charge in [0.05, 0.1) is 11.1 Å². The van der Waals surface area contributed by atoms with Crippen LogP contribution in [0.3, 0.4) is 0 Å². The fourth-order valence-corrected chi connectivity index (χ4v) is 4.70. The molecule has 1 unspecified atom stereocenters. The Morgan fingerprint density at radius 1 is 1.22 bits per heavy atom. The fraction of sp³-hybridized carbons (Fsp3) is 0.444. The van der Waals surface area contributed by atoms with Gasteiger partial charge in [-0.05, 0) is 75.5 Å². The summed E-state index contributed by atoms with van der Waals surface area (Å²) in [6.45, 7) is 10.6. The Kier molecular flexibility index (Phi) is 9.23. The normalized spacial score (nSPS) is 16.9. The smallest absolute Gasteiger partial charge is 0.332 e. The van der Waals surface area contributed by atoms with Crippen LogP contribution in [0, 0.1) is 12.7 Å². The predicted octanol–water partition coefficient (Wildman–Crippen LogP) is 3.18. The maximum Gasteiger partial charge on any atom is 0.332 e. The van der Waals surface area contributed by atoms with Crippen molar-refractivity contribution in [2.45, 2.75) is 53.1 Å². The number of halogens is 1. The van der Waals surface area contributed by atoms with E-state index in [0.717, 1.165) is 55.0 Å². The molecule has 0 saturated heterocycles. The number of amides is 2. The zero-order chi connectivity index (χ0) is 27.3. The first-order valence-corrected chi connectivity index (χ1v) is 12.6. The summed E-state index contributed by atoms with van der Waals surface area (Å²) < 4.78 is 13.9. The van der Waals surface area contributed by atoms with Gasteiger partial charge < -0.3 is 30.7 Å². The Balaban J connectivity index is 0.000000568. The first-order valence-electron chi connectivity index (χ1n) is 12.6. The van der Waals surface area contributed by atoms with Crippen molar-refractivity contribution in [3.8, 4) is 0 Å². The van der Waals surface area contributed by atoms with Crippen LogP contribution in [0.2, 0.25) is 0 Å². The Morgan fingerprint density at radius 3 is 2.51 bits per heavy atom. The molecule has 10 heteroatoms. The number of H-pyrrole nitrogens is 1. The molecule has 2 heterocycles. The van der Waals surface area contributed by atoms with Gasteiger partial charge >= 0.3 is 5.97 Å². The van der Waals surface area contributed by atoms with E-state index in [1.165, 1.54) is 19.1 Å². The van der Waals surface area contributed by atoms with Crippen molar-refractivity contribution in [3.05, 3.63) is 52.1 Å². The number of allylic oxidation sites excluding steroid dienone is 1. The summed E-state index contributed by atoms with van der Waals surface area (Å²) in [5, 5.41) is 21.7. The number of rotatable bonds is 7. The van der Waals surface area contributed by atoms with Crippen molar-refractivity contribution in [2.24, 2.45) is 0 Å². The maximum absolute atomic E-state index is 13.9. The standard InChI is InChI=1S/C24H29FN4O2.C3H6O3/c1-4-29(5-2)12-11-26-23(30)20-14(3)27-22-16(20)7-6-8-17(22)21-18-13-15(25)9-10-19(18)28-24(21)31;1-2(4)3(5)6/h9-10,13,27H,4-8,11-12H2,1-3H3,(H,26,30)(H,28,31);2,4H,1H3,(H,5,6)/b21-17-;. The molecule has 1 aromatic carbocycles. The third-order valence-electron chi connectivity index (χ3n) is 6.67. The Morgan fingerprint density at radius 2 is 1.89 bits per heavy atom. The molecular weight excluding hydrogens is 479 g/mol. The highest BCUT2D eigenvalue weighted by molar-refractivity contribution is 6.37. The third kappa shape index (κ3) is 6.26. The molecule has 1 aromatic heterocycles. The molecule has 1 aliphatic carbocycles. The van der Waals surface area contributed by atoms with Crippen molar-refractivity contribution in [2.75, 3.05) is 31.5 Å². The van der Waals surface area contributed by atoms with Crippen LogP contribution in [0.5, 0.6) is 0 Å². The number of aromatic nitrogens is 1. The first kappa shape index (κ1) is 28.1. The summed E-state index contributed by atoms with van der Waals surface area (Å²) in [4.78, 5) is 40.8. The lowest BCUT2D eigenvalue weighted by molar-refractivity contribution is -0.145. The van der Waals surface area contributed by atoms with E-state index in [4.69, 9.17) is 10.2 Å². The van der Waals surface area contributed by atoms with Gasteiger partial charge in [-0.25, -0.2) is 9.18 Å². The third-order valence-corrected chi connectivity index (χ3v) is 6.67. The average Bonchev–Trinajstić information content (AvgIpc) is 3.36. The fourth-order valence-electron chi connectivity index (χ4n) is 4.70. The van der Waals surface area contributed by atoms with Gasteiger partial charge in [-0.15, -0.1) is 0 Å². The van der Waals surface area contributed by atoms with E-state index in [-0.39, 0.29) is 17.6 Å². The second-order valence-corrected chi connectivity index (χ2v) is 9.13. The number of fused-ring (bicyclic) bond motifs is 2. The van der Waals surface area contributed by atoms with Crippen LogP contribution in [-0.4, -0.2) is 70.2 Å². The SMILES string of the molecule is CC(O)C(=O)O.CCN(CC)CCNC(=O)c1c(C)[nH]c2c1CCC/C2=C1/C(=O)Nc2ccc(F)cc21. The van der Waals surface area contributed by atoms with Crippen LogP contribution in [0.4, 0.5) is 10.1 Å². The topological polar surface area (TPSA) is 135 Å². The molecule has 2 aromatic rings. The van der Waals surface area contributed by atoms with Crippen LogP contribution in [0.15, 0.2) is 18.2 Å². The molecule has 9 nitrogen and oxygen atoms in total. The number of benzene rings is 1. The largest absolute Gasteiger partial charge is 0.479 e. The Hall–Kier alpha value is -3.50. The van der Waals surface area contributed by atoms with E-state index in [1.54, 1.807) is 6.07 Å². The van der Waals surface area contributed by atoms with Crippen molar-refractivity contribution < 1.29 is 29.0 Å². The Bertz CT molecular complexity index is 1210. The molecule has 2 aliphatic rings. The lowest BCUT2D eigenvalue weighted by Gasteiger charge is -2.19. The van der Waals surface area contributed by atoms with Gasteiger partial charge in [0.15, 0.2) is 0 Å². The molecule has 1 atom stereocenters. The van der Waals surface area contributed by atoms with E-state index in [1.807, 2.05) is 6.92 Å². The molecule has 0 fully saturated rings. The summed E-state index contributed by atoms with van der Waals surface area (Å²) in [6.07, 6.45) is 1.08. The molecule has 37 heavy (non-hydrogen) atoms. The van der Waals surface area contributed by atoms with E-state index >= 15 is 0 Å². The number of aliphatic hydroxyl groups excluding tert-OH is 1. The highest BCUT2D eigenvalue weighted by Crippen LogP contribution is 2.43. The second-order valence-electron chi connectivity index (χ2n) is 9.13. The molecule has 200 valence electrons. The van der Waals surface area contributed by atoms with E-state index < -0.39 is 12.1 Å². The van der Waals surface area contributed by atoms with Gasteiger partial charge in [0.25, 0.3) is 11.8 Å². The van der Waals surface area contributed by atoms with Gasteiger partial charge in [0.1, 0.15) is 11.9 Å². The highest BCUT2D eigenvalue weighted by Gasteiger charge is 2.33. The molecule has 0 spiro atoms. The van der Waals surface area contributed by atoms with Gasteiger partial charge in [-0.3, -0.25) is 9.59 Å². The number of nitrogens with zero attached hydrogens (tertiary/aromatic N) is 1. The summed E-state index contributed by atoms with van der Waals surface area (Å²) in [5.74, 6) is -1.87. The van der Waals surface area contributed by atoms with E-state index in [9.17, 15) is 18.8 Å². The number of hydrogen-bond acceptors (Lipinski definition) is 5. The minimum absolute atomic E-state index is 0.0873. The number of aliphatic hydroxyl groups is 1. The number of anilines is 1. The number of carboxylic acid groups (broad SMARTS) is 1. The maximum atomic E-state index is 13.9. The van der Waals surface area contributed by atoms with E-state index in [0.29, 0.717) is 35.4 Å². The van der Waals surface area contributed by atoms with E-state index in [2.05, 4.69) is 34.4 Å². The quantitative estimate of drug-likeness (QED) is 0.360. The van der Waals surface area contributed by atoms with Crippen molar-refractivity contribution in [1.82, 2.24) is 15.2 Å². The van der Waals surface area contributed by atoms with Gasteiger partial charge in [0, 0.05) is 35.7 Å². The van der Waals surface area contributed by atoms with Gasteiger partial charge in [-0.2, -0.15) is 0 Å². The molecular formula is C27H35FN4O5. The number of aryl methyl sites for hydroxylation is 1. The molecule has 0 saturated carbocycles. The second kappa shape index (κ2) is 12.2. The van der Waals surface area contributed by atoms with Crippen LogP contribution >= 0.6 is 0 Å². The lowest BCUT2D eigenvalue weighted by atomic mass is 9.86. The van der Waals surface area contributed by atoms with Gasteiger partial charge in [0.2, 0.25) is 0 Å². The zero-order valence-corrected chi connectivity index (χ0v) is 21.7. The lowest BCUT2D eigenvalue weighted by Crippen LogP contribution is -2.35. The summed E-state index contributed by atoms with van der Waals surface area (Å²) in [7, 11) is 0. The van der Waals surface area contributed by atoms with Crippen LogP contribution < -0.4 is 10.6 Å². The van der Waals surface area contributed by atoms with Crippen LogP contribution in [0.1, 0.15) is 66.5 Å². The van der Waals surface area contributed by atoms with Crippen LogP contribution in [0.25, 0.3) is 11.1 Å². The zero-order valence-electron chi connectivity index (χ0n) is 21.7. The molecule has 5 N–H and O–H groups in total. The van der Waals surface area contributed by atoms with Gasteiger partial charge in [-0.1, -0.05) is 13.8 Å². The number of likely N-dealkylation sites (N-methyl/N-ethyl adjacent to an activating group) is 1. The minimum Gasteiger partial charge on any atom is -0.479 e. The van der Waals surface area contributed by atoms with Crippen LogP contribution in [-0.2, 0) is 16.0 Å². The number of aromatic amines is 1. The summed E-state index contributed by atoms with van der Waals surface area (Å²) in [5.41, 5.74) is 5.82. The minimum atomic E-state index is -1.23. The van der Waals surface area contributed by atoms with Crippen molar-refractivity contribution in [1.29, 1.82) is 0 Å². The summed E-state index contributed by atoms with van der Waals surface area (Å²) >= 11 is 0. The average molecular weight is 515 g/mol. The highest BCUT2D eigenvalue weighted by atomic mass is 19.1. The number of carbonyl (C=O) groups excluding carboxylic acids is 2. The number of hydrogen-bond donors (Lipinski definition) is 5.